The third-order valence-electron chi connectivity index (χ3n) is 4.97. The van der Waals surface area contributed by atoms with E-state index in [1.165, 1.54) is 11.1 Å². The highest BCUT2D eigenvalue weighted by Crippen LogP contribution is 2.33. The van der Waals surface area contributed by atoms with Crippen LogP contribution in [0.15, 0.2) is 53.5 Å². The Morgan fingerprint density at radius 3 is 2.44 bits per heavy atom. The molecule has 0 aromatic heterocycles. The fraction of sp³-hybridized carbons (Fsp3) is 0.350. The van der Waals surface area contributed by atoms with Crippen LogP contribution in [0.25, 0.3) is 0 Å². The number of hydrogen-bond donors (Lipinski definition) is 0. The van der Waals surface area contributed by atoms with Gasteiger partial charge in [-0.15, -0.1) is 0 Å². The Bertz CT molecular complexity index is 956. The van der Waals surface area contributed by atoms with Gasteiger partial charge in [0.1, 0.15) is 0 Å². The van der Waals surface area contributed by atoms with Gasteiger partial charge in [-0.25, -0.2) is 8.42 Å². The van der Waals surface area contributed by atoms with Gasteiger partial charge in [0, 0.05) is 17.3 Å². The van der Waals surface area contributed by atoms with E-state index in [1.54, 1.807) is 11.8 Å². The molecule has 2 aromatic carbocycles. The zero-order chi connectivity index (χ0) is 19.0. The Morgan fingerprint density at radius 1 is 1.07 bits per heavy atom. The van der Waals surface area contributed by atoms with E-state index < -0.39 is 9.84 Å². The minimum atomic E-state index is -3.01. The van der Waals surface area contributed by atoms with Crippen molar-refractivity contribution >= 4 is 38.4 Å². The summed E-state index contributed by atoms with van der Waals surface area (Å²) in [6.45, 7) is 2.72. The smallest absolute Gasteiger partial charge is 0.160 e. The molecule has 142 valence electrons. The highest BCUT2D eigenvalue weighted by molar-refractivity contribution is 8.13. The Balaban J connectivity index is 1.53. The maximum absolute atomic E-state index is 12.1. The molecule has 4 nitrogen and oxygen atoms in total. The number of fused-ring (bicyclic) bond motifs is 1. The van der Waals surface area contributed by atoms with Crippen molar-refractivity contribution in [3.8, 4) is 0 Å². The minimum absolute atomic E-state index is 0.0637. The molecule has 0 N–H and O–H groups in total. The standard InChI is InChI=1S/C20H21ClN2O2S2/c1-14-2-4-16(5-3-14)11-26-20-22-18-12-27(24,25)13-19(18)23(20)10-15-6-8-17(21)9-7-15/h2-9,18-19H,10-13H2,1H3/t18-,19-/m0/s1. The average Bonchev–Trinajstić information content (AvgIpc) is 3.09. The molecule has 27 heavy (non-hydrogen) atoms. The van der Waals surface area contributed by atoms with Gasteiger partial charge in [0.2, 0.25) is 0 Å². The van der Waals surface area contributed by atoms with E-state index in [1.807, 2.05) is 24.3 Å². The van der Waals surface area contributed by atoms with Crippen LogP contribution in [0.4, 0.5) is 0 Å². The number of halogens is 1. The zero-order valence-electron chi connectivity index (χ0n) is 15.0. The summed E-state index contributed by atoms with van der Waals surface area (Å²) in [7, 11) is -3.01. The molecule has 2 heterocycles. The molecule has 0 bridgehead atoms. The fourth-order valence-corrected chi connectivity index (χ4v) is 6.58. The van der Waals surface area contributed by atoms with Crippen molar-refractivity contribution in [2.45, 2.75) is 31.3 Å². The second-order valence-electron chi connectivity index (χ2n) is 7.15. The lowest BCUT2D eigenvalue weighted by atomic mass is 10.1. The zero-order valence-corrected chi connectivity index (χ0v) is 17.4. The van der Waals surface area contributed by atoms with Crippen LogP contribution in [-0.2, 0) is 22.1 Å². The third-order valence-corrected chi connectivity index (χ3v) is 8.00. The number of rotatable bonds is 4. The number of aryl methyl sites for hydroxylation is 1. The molecule has 0 radical (unpaired) electrons. The summed E-state index contributed by atoms with van der Waals surface area (Å²) in [6.07, 6.45) is 0. The third kappa shape index (κ3) is 4.33. The number of benzene rings is 2. The predicted octanol–water partition coefficient (Wildman–Crippen LogP) is 3.92. The molecular weight excluding hydrogens is 400 g/mol. The Morgan fingerprint density at radius 2 is 1.74 bits per heavy atom. The van der Waals surface area contributed by atoms with E-state index in [4.69, 9.17) is 16.6 Å². The van der Waals surface area contributed by atoms with E-state index in [-0.39, 0.29) is 23.6 Å². The first kappa shape index (κ1) is 18.8. The highest BCUT2D eigenvalue weighted by Gasteiger charge is 2.46. The second-order valence-corrected chi connectivity index (χ2v) is 10.7. The number of sulfone groups is 1. The number of hydrogen-bond acceptors (Lipinski definition) is 5. The second kappa shape index (κ2) is 7.49. The molecule has 1 saturated heterocycles. The van der Waals surface area contributed by atoms with Crippen LogP contribution in [0, 0.1) is 6.92 Å². The predicted molar refractivity (Wildman–Crippen MR) is 113 cm³/mol. The summed E-state index contributed by atoms with van der Waals surface area (Å²) in [6, 6.07) is 16.0. The fourth-order valence-electron chi connectivity index (χ4n) is 3.51. The van der Waals surface area contributed by atoms with Gasteiger partial charge in [0.05, 0.1) is 23.6 Å². The van der Waals surface area contributed by atoms with Gasteiger partial charge in [-0.1, -0.05) is 65.3 Å². The van der Waals surface area contributed by atoms with Gasteiger partial charge in [0.25, 0.3) is 0 Å². The summed E-state index contributed by atoms with van der Waals surface area (Å²) in [5.41, 5.74) is 3.59. The van der Waals surface area contributed by atoms with Crippen molar-refractivity contribution in [2.24, 2.45) is 4.99 Å². The molecule has 0 spiro atoms. The SMILES string of the molecule is Cc1ccc(CSC2=N[C@H]3CS(=O)(=O)C[C@@H]3N2Cc2ccc(Cl)cc2)cc1. The Hall–Kier alpha value is -1.50. The molecule has 0 saturated carbocycles. The van der Waals surface area contributed by atoms with Crippen LogP contribution < -0.4 is 0 Å². The lowest BCUT2D eigenvalue weighted by Crippen LogP contribution is -2.38. The first-order chi connectivity index (χ1) is 12.9. The molecule has 0 unspecified atom stereocenters. The molecule has 7 heteroatoms. The molecule has 2 aromatic rings. The van der Waals surface area contributed by atoms with Crippen molar-refractivity contribution in [2.75, 3.05) is 11.5 Å². The molecular formula is C20H21ClN2O2S2. The maximum atomic E-state index is 12.1. The van der Waals surface area contributed by atoms with Gasteiger partial charge < -0.3 is 4.90 Å². The van der Waals surface area contributed by atoms with Gasteiger partial charge in [-0.05, 0) is 30.2 Å². The van der Waals surface area contributed by atoms with Crippen LogP contribution in [0.5, 0.6) is 0 Å². The van der Waals surface area contributed by atoms with Gasteiger partial charge in [-0.2, -0.15) is 0 Å². The summed E-state index contributed by atoms with van der Waals surface area (Å²) in [5, 5.41) is 1.64. The van der Waals surface area contributed by atoms with Crippen LogP contribution >= 0.6 is 23.4 Å². The number of thioether (sulfide) groups is 1. The number of amidine groups is 1. The van der Waals surface area contributed by atoms with Crippen LogP contribution in [0.1, 0.15) is 16.7 Å². The molecule has 0 amide bonds. The van der Waals surface area contributed by atoms with Crippen molar-refractivity contribution < 1.29 is 8.42 Å². The van der Waals surface area contributed by atoms with Gasteiger partial charge in [-0.3, -0.25) is 4.99 Å². The highest BCUT2D eigenvalue weighted by atomic mass is 35.5. The first-order valence-corrected chi connectivity index (χ1v) is 12.1. The largest absolute Gasteiger partial charge is 0.341 e. The van der Waals surface area contributed by atoms with Crippen molar-refractivity contribution in [1.82, 2.24) is 4.90 Å². The molecule has 4 rings (SSSR count). The number of aliphatic imine (C=N–C) groups is 1. The Labute approximate surface area is 169 Å². The minimum Gasteiger partial charge on any atom is -0.341 e. The molecule has 2 atom stereocenters. The topological polar surface area (TPSA) is 49.7 Å². The molecule has 1 fully saturated rings. The molecule has 2 aliphatic rings. The van der Waals surface area contributed by atoms with Crippen LogP contribution in [-0.4, -0.2) is 42.1 Å². The lowest BCUT2D eigenvalue weighted by Gasteiger charge is -2.26. The number of nitrogens with zero attached hydrogens (tertiary/aromatic N) is 2. The normalized spacial score (nSPS) is 23.3. The van der Waals surface area contributed by atoms with Crippen molar-refractivity contribution in [1.29, 1.82) is 0 Å². The summed E-state index contributed by atoms with van der Waals surface area (Å²) in [5.74, 6) is 1.16. The van der Waals surface area contributed by atoms with E-state index >= 15 is 0 Å². The average molecular weight is 421 g/mol. The quantitative estimate of drug-likeness (QED) is 0.752. The van der Waals surface area contributed by atoms with Crippen molar-refractivity contribution in [3.05, 3.63) is 70.2 Å². The van der Waals surface area contributed by atoms with E-state index in [2.05, 4.69) is 36.1 Å². The lowest BCUT2D eigenvalue weighted by molar-refractivity contribution is 0.343. The summed E-state index contributed by atoms with van der Waals surface area (Å²) >= 11 is 7.68. The van der Waals surface area contributed by atoms with E-state index in [0.717, 1.165) is 16.5 Å². The maximum Gasteiger partial charge on any atom is 0.160 e. The monoisotopic (exact) mass is 420 g/mol. The van der Waals surface area contributed by atoms with Gasteiger partial charge in [0.15, 0.2) is 15.0 Å². The van der Waals surface area contributed by atoms with E-state index in [0.29, 0.717) is 11.6 Å². The van der Waals surface area contributed by atoms with Gasteiger partial charge >= 0.3 is 0 Å². The van der Waals surface area contributed by atoms with Crippen molar-refractivity contribution in [3.63, 3.8) is 0 Å². The van der Waals surface area contributed by atoms with Crippen LogP contribution in [0.2, 0.25) is 5.02 Å². The summed E-state index contributed by atoms with van der Waals surface area (Å²) < 4.78 is 24.2. The Kier molecular flexibility index (Phi) is 5.23. The van der Waals surface area contributed by atoms with Crippen LogP contribution in [0.3, 0.4) is 0 Å². The molecule has 2 aliphatic heterocycles. The molecule has 0 aliphatic carbocycles. The van der Waals surface area contributed by atoms with E-state index in [9.17, 15) is 8.42 Å². The first-order valence-electron chi connectivity index (χ1n) is 8.87. The summed E-state index contributed by atoms with van der Waals surface area (Å²) in [4.78, 5) is 6.94.